The molecule has 1 fully saturated rings. The summed E-state index contributed by atoms with van der Waals surface area (Å²) in [6.45, 7) is 1.81. The van der Waals surface area contributed by atoms with Crippen LogP contribution < -0.4 is 4.90 Å². The summed E-state index contributed by atoms with van der Waals surface area (Å²) in [7, 11) is -3.93. The van der Waals surface area contributed by atoms with Crippen LogP contribution in [0.4, 0.5) is 10.1 Å². The van der Waals surface area contributed by atoms with Crippen LogP contribution in [0.2, 0.25) is 5.02 Å². The second kappa shape index (κ2) is 11.1. The van der Waals surface area contributed by atoms with Gasteiger partial charge in [-0.05, 0) is 66.2 Å². The molecule has 0 aliphatic carbocycles. The highest BCUT2D eigenvalue weighted by Gasteiger charge is 2.30. The highest BCUT2D eigenvalue weighted by Crippen LogP contribution is 2.22. The zero-order valence-electron chi connectivity index (χ0n) is 18.8. The van der Waals surface area contributed by atoms with Gasteiger partial charge in [0.1, 0.15) is 5.82 Å². The molecule has 10 heteroatoms. The summed E-state index contributed by atoms with van der Waals surface area (Å²) in [6.07, 6.45) is 0. The van der Waals surface area contributed by atoms with Crippen molar-refractivity contribution in [2.24, 2.45) is 0 Å². The van der Waals surface area contributed by atoms with Crippen LogP contribution in [0.3, 0.4) is 0 Å². The van der Waals surface area contributed by atoms with Crippen LogP contribution >= 0.6 is 27.5 Å². The Kier molecular flexibility index (Phi) is 8.11. The lowest BCUT2D eigenvalue weighted by Gasteiger charge is -2.37. The lowest BCUT2D eigenvalue weighted by Crippen LogP contribution is -2.51. The van der Waals surface area contributed by atoms with Crippen LogP contribution in [0.5, 0.6) is 0 Å². The van der Waals surface area contributed by atoms with Gasteiger partial charge >= 0.3 is 0 Å². The molecule has 6 nitrogen and oxygen atoms in total. The lowest BCUT2D eigenvalue weighted by molar-refractivity contribution is -0.131. The van der Waals surface area contributed by atoms with E-state index in [4.69, 9.17) is 11.6 Å². The maximum atomic E-state index is 13.5. The Labute approximate surface area is 218 Å². The zero-order chi connectivity index (χ0) is 25.0. The lowest BCUT2D eigenvalue weighted by atomic mass is 10.2. The first-order valence-corrected chi connectivity index (χ1v) is 13.6. The third-order valence-electron chi connectivity index (χ3n) is 5.86. The minimum absolute atomic E-state index is 0.0385. The molecule has 0 atom stereocenters. The predicted molar refractivity (Wildman–Crippen MR) is 138 cm³/mol. The standard InChI is InChI=1S/C25H24BrClFN3O3S/c26-20-3-11-24(12-4-20)35(33,34)31(17-19-1-5-21(27)6-2-19)18-25(32)30-15-13-29(14-16-30)23-9-7-22(28)8-10-23/h1-12H,13-18H2. The largest absolute Gasteiger partial charge is 0.368 e. The zero-order valence-corrected chi connectivity index (χ0v) is 21.9. The van der Waals surface area contributed by atoms with Crippen LogP contribution in [-0.2, 0) is 21.4 Å². The van der Waals surface area contributed by atoms with Gasteiger partial charge in [-0.15, -0.1) is 0 Å². The molecule has 0 radical (unpaired) electrons. The number of hydrogen-bond acceptors (Lipinski definition) is 4. The fourth-order valence-corrected chi connectivity index (χ4v) is 5.66. The molecule has 1 aliphatic heterocycles. The third kappa shape index (κ3) is 6.41. The van der Waals surface area contributed by atoms with E-state index in [1.807, 2.05) is 0 Å². The molecule has 0 spiro atoms. The Hall–Kier alpha value is -2.46. The van der Waals surface area contributed by atoms with Gasteiger partial charge in [-0.3, -0.25) is 4.79 Å². The first-order chi connectivity index (χ1) is 16.7. The van der Waals surface area contributed by atoms with Gasteiger partial charge in [-0.25, -0.2) is 12.8 Å². The van der Waals surface area contributed by atoms with Crippen molar-refractivity contribution in [3.63, 3.8) is 0 Å². The Morgan fingerprint density at radius 3 is 2.11 bits per heavy atom. The number of anilines is 1. The molecule has 3 aromatic rings. The molecule has 184 valence electrons. The van der Waals surface area contributed by atoms with Crippen molar-refractivity contribution >= 4 is 49.1 Å². The van der Waals surface area contributed by atoms with Gasteiger partial charge < -0.3 is 9.80 Å². The van der Waals surface area contributed by atoms with Crippen LogP contribution in [-0.4, -0.2) is 56.3 Å². The van der Waals surface area contributed by atoms with Gasteiger partial charge in [0.2, 0.25) is 15.9 Å². The number of carbonyl (C=O) groups excluding carboxylic acids is 1. The van der Waals surface area contributed by atoms with Crippen molar-refractivity contribution < 1.29 is 17.6 Å². The van der Waals surface area contributed by atoms with Crippen molar-refractivity contribution in [1.29, 1.82) is 0 Å². The van der Waals surface area contributed by atoms with Gasteiger partial charge in [0.25, 0.3) is 0 Å². The molecule has 0 aromatic heterocycles. The van der Waals surface area contributed by atoms with Crippen molar-refractivity contribution in [2.45, 2.75) is 11.4 Å². The number of sulfonamides is 1. The van der Waals surface area contributed by atoms with Gasteiger partial charge in [0.05, 0.1) is 11.4 Å². The highest BCUT2D eigenvalue weighted by atomic mass is 79.9. The molecular formula is C25H24BrClFN3O3S. The van der Waals surface area contributed by atoms with Crippen LogP contribution in [0.15, 0.2) is 82.2 Å². The molecule has 0 unspecified atom stereocenters. The fourth-order valence-electron chi connectivity index (χ4n) is 3.89. The Bertz CT molecular complexity index is 1260. The SMILES string of the molecule is O=C(CN(Cc1ccc(Cl)cc1)S(=O)(=O)c1ccc(Br)cc1)N1CCN(c2ccc(F)cc2)CC1. The monoisotopic (exact) mass is 579 g/mol. The molecule has 3 aromatic carbocycles. The maximum Gasteiger partial charge on any atom is 0.243 e. The molecule has 1 amide bonds. The first-order valence-electron chi connectivity index (χ1n) is 11.0. The van der Waals surface area contributed by atoms with Gasteiger partial charge in [0.15, 0.2) is 0 Å². The van der Waals surface area contributed by atoms with Crippen LogP contribution in [0, 0.1) is 5.82 Å². The summed E-state index contributed by atoms with van der Waals surface area (Å²) >= 11 is 9.30. The van der Waals surface area contributed by atoms with E-state index < -0.39 is 10.0 Å². The average Bonchev–Trinajstić information content (AvgIpc) is 2.86. The summed E-state index contributed by atoms with van der Waals surface area (Å²) in [5, 5.41) is 0.547. The number of hydrogen-bond donors (Lipinski definition) is 0. The van der Waals surface area contributed by atoms with Crippen molar-refractivity contribution in [1.82, 2.24) is 9.21 Å². The normalized spacial score (nSPS) is 14.4. The van der Waals surface area contributed by atoms with E-state index >= 15 is 0 Å². The summed E-state index contributed by atoms with van der Waals surface area (Å²) in [5.41, 5.74) is 1.62. The van der Waals surface area contributed by atoms with Crippen molar-refractivity contribution in [2.75, 3.05) is 37.6 Å². The first kappa shape index (κ1) is 25.6. The number of nitrogens with zero attached hydrogens (tertiary/aromatic N) is 3. The van der Waals surface area contributed by atoms with E-state index in [0.29, 0.717) is 31.2 Å². The molecule has 4 rings (SSSR count). The minimum atomic E-state index is -3.93. The van der Waals surface area contributed by atoms with Gasteiger partial charge in [-0.2, -0.15) is 4.31 Å². The molecule has 0 N–H and O–H groups in total. The quantitative estimate of drug-likeness (QED) is 0.404. The number of piperazine rings is 1. The van der Waals surface area contributed by atoms with Gasteiger partial charge in [-0.1, -0.05) is 39.7 Å². The number of halogens is 3. The van der Waals surface area contributed by atoms with E-state index in [1.54, 1.807) is 53.4 Å². The molecule has 1 aliphatic rings. The van der Waals surface area contributed by atoms with Crippen molar-refractivity contribution in [3.8, 4) is 0 Å². The number of amides is 1. The molecule has 35 heavy (non-hydrogen) atoms. The second-order valence-electron chi connectivity index (χ2n) is 8.20. The number of rotatable bonds is 7. The molecule has 0 bridgehead atoms. The Morgan fingerprint density at radius 2 is 1.51 bits per heavy atom. The molecule has 1 heterocycles. The summed E-state index contributed by atoms with van der Waals surface area (Å²) in [4.78, 5) is 17.1. The average molecular weight is 581 g/mol. The molecular weight excluding hydrogens is 557 g/mol. The molecule has 1 saturated heterocycles. The van der Waals surface area contributed by atoms with Crippen molar-refractivity contribution in [3.05, 3.63) is 93.7 Å². The highest BCUT2D eigenvalue weighted by molar-refractivity contribution is 9.10. The topological polar surface area (TPSA) is 60.9 Å². The second-order valence-corrected chi connectivity index (χ2v) is 11.5. The smallest absolute Gasteiger partial charge is 0.243 e. The van der Waals surface area contributed by atoms with E-state index in [-0.39, 0.29) is 29.7 Å². The van der Waals surface area contributed by atoms with Crippen LogP contribution in [0.1, 0.15) is 5.56 Å². The summed E-state index contributed by atoms with van der Waals surface area (Å²) < 4.78 is 42.1. The van der Waals surface area contributed by atoms with E-state index in [0.717, 1.165) is 15.7 Å². The van der Waals surface area contributed by atoms with Gasteiger partial charge in [0, 0.05) is 47.9 Å². The fraction of sp³-hybridized carbons (Fsp3) is 0.240. The summed E-state index contributed by atoms with van der Waals surface area (Å²) in [5.74, 6) is -0.561. The van der Waals surface area contributed by atoms with E-state index in [9.17, 15) is 17.6 Å². The Morgan fingerprint density at radius 1 is 0.914 bits per heavy atom. The number of carbonyl (C=O) groups is 1. The van der Waals surface area contributed by atoms with E-state index in [2.05, 4.69) is 20.8 Å². The Balaban J connectivity index is 1.49. The van der Waals surface area contributed by atoms with Crippen LogP contribution in [0.25, 0.3) is 0 Å². The predicted octanol–water partition coefficient (Wildman–Crippen LogP) is 4.78. The van der Waals surface area contributed by atoms with E-state index in [1.165, 1.54) is 28.6 Å². The summed E-state index contributed by atoms with van der Waals surface area (Å²) in [6, 6.07) is 19.5. The minimum Gasteiger partial charge on any atom is -0.368 e. The third-order valence-corrected chi connectivity index (χ3v) is 8.45. The number of benzene rings is 3. The maximum absolute atomic E-state index is 13.5. The molecule has 0 saturated carbocycles.